The maximum atomic E-state index is 5.73. The zero-order valence-corrected chi connectivity index (χ0v) is 13.5. The second kappa shape index (κ2) is 7.42. The maximum absolute atomic E-state index is 5.73. The lowest BCUT2D eigenvalue weighted by Crippen LogP contribution is -2.48. The van der Waals surface area contributed by atoms with Gasteiger partial charge in [0.15, 0.2) is 0 Å². The molecule has 5 nitrogen and oxygen atoms in total. The molecule has 0 amide bonds. The van der Waals surface area contributed by atoms with Gasteiger partial charge in [0.25, 0.3) is 0 Å². The van der Waals surface area contributed by atoms with Crippen molar-refractivity contribution in [3.8, 4) is 0 Å². The van der Waals surface area contributed by atoms with E-state index in [2.05, 4.69) is 21.7 Å². The van der Waals surface area contributed by atoms with Gasteiger partial charge < -0.3 is 9.64 Å². The van der Waals surface area contributed by atoms with Gasteiger partial charge in [0.1, 0.15) is 10.8 Å². The first-order valence-corrected chi connectivity index (χ1v) is 8.87. The van der Waals surface area contributed by atoms with Crippen molar-refractivity contribution in [1.29, 1.82) is 0 Å². The fraction of sp³-hybridized carbons (Fsp3) is 0.733. The summed E-state index contributed by atoms with van der Waals surface area (Å²) >= 11 is 1.75. The van der Waals surface area contributed by atoms with Crippen LogP contribution in [0.1, 0.15) is 19.8 Å². The number of hydrogen-bond acceptors (Lipinski definition) is 6. The summed E-state index contributed by atoms with van der Waals surface area (Å²) in [6, 6.07) is 0. The lowest BCUT2D eigenvalue weighted by atomic mass is 10.2. The Balaban J connectivity index is 1.51. The summed E-state index contributed by atoms with van der Waals surface area (Å²) in [5.74, 6) is 2.05. The Hall–Kier alpha value is -0.850. The van der Waals surface area contributed by atoms with Crippen LogP contribution < -0.4 is 4.90 Å². The summed E-state index contributed by atoms with van der Waals surface area (Å²) in [7, 11) is 0. The first-order chi connectivity index (χ1) is 10.3. The van der Waals surface area contributed by atoms with Crippen molar-refractivity contribution in [2.45, 2.75) is 30.9 Å². The summed E-state index contributed by atoms with van der Waals surface area (Å²) in [6.07, 6.45) is 6.64. The van der Waals surface area contributed by atoms with Crippen LogP contribution in [-0.4, -0.2) is 66.1 Å². The van der Waals surface area contributed by atoms with E-state index in [1.54, 1.807) is 11.8 Å². The van der Waals surface area contributed by atoms with Gasteiger partial charge >= 0.3 is 0 Å². The second-order valence-electron chi connectivity index (χ2n) is 5.57. The third kappa shape index (κ3) is 4.08. The Bertz CT molecular complexity index is 445. The zero-order valence-electron chi connectivity index (χ0n) is 12.7. The molecule has 0 bridgehead atoms. The van der Waals surface area contributed by atoms with Gasteiger partial charge in [0, 0.05) is 39.3 Å². The SMILES string of the molecule is CCSc1cncc(N2CCN(C[C@H]3CCCO3)CC2)n1. The summed E-state index contributed by atoms with van der Waals surface area (Å²) < 4.78 is 5.73. The van der Waals surface area contributed by atoms with Crippen LogP contribution >= 0.6 is 11.8 Å². The van der Waals surface area contributed by atoms with E-state index in [0.29, 0.717) is 6.10 Å². The molecule has 3 heterocycles. The van der Waals surface area contributed by atoms with Gasteiger partial charge in [-0.3, -0.25) is 9.88 Å². The molecule has 2 aliphatic rings. The topological polar surface area (TPSA) is 41.5 Å². The van der Waals surface area contributed by atoms with Crippen molar-refractivity contribution in [2.75, 3.05) is 50.0 Å². The minimum absolute atomic E-state index is 0.459. The fourth-order valence-electron chi connectivity index (χ4n) is 2.94. The van der Waals surface area contributed by atoms with Crippen LogP contribution in [0.2, 0.25) is 0 Å². The van der Waals surface area contributed by atoms with E-state index in [-0.39, 0.29) is 0 Å². The monoisotopic (exact) mass is 308 g/mol. The fourth-order valence-corrected chi connectivity index (χ4v) is 3.53. The van der Waals surface area contributed by atoms with E-state index in [1.807, 2.05) is 12.4 Å². The number of anilines is 1. The molecule has 0 aromatic carbocycles. The molecule has 1 atom stereocenters. The normalized spacial score (nSPS) is 23.7. The van der Waals surface area contributed by atoms with Crippen molar-refractivity contribution < 1.29 is 4.74 Å². The number of aromatic nitrogens is 2. The summed E-state index contributed by atoms with van der Waals surface area (Å²) in [4.78, 5) is 13.9. The first-order valence-electron chi connectivity index (χ1n) is 7.89. The highest BCUT2D eigenvalue weighted by atomic mass is 32.2. The smallest absolute Gasteiger partial charge is 0.148 e. The second-order valence-corrected chi connectivity index (χ2v) is 6.86. The number of hydrogen-bond donors (Lipinski definition) is 0. The first kappa shape index (κ1) is 15.1. The molecule has 0 spiro atoms. The van der Waals surface area contributed by atoms with Gasteiger partial charge in [-0.1, -0.05) is 6.92 Å². The summed E-state index contributed by atoms with van der Waals surface area (Å²) in [5, 5.41) is 1.02. The Kier molecular flexibility index (Phi) is 5.32. The third-order valence-electron chi connectivity index (χ3n) is 4.07. The quantitative estimate of drug-likeness (QED) is 0.774. The number of nitrogens with zero attached hydrogens (tertiary/aromatic N) is 4. The van der Waals surface area contributed by atoms with Crippen LogP contribution in [0.15, 0.2) is 17.4 Å². The average Bonchev–Trinajstić information content (AvgIpc) is 3.02. The van der Waals surface area contributed by atoms with Crippen molar-refractivity contribution in [1.82, 2.24) is 14.9 Å². The zero-order chi connectivity index (χ0) is 14.5. The van der Waals surface area contributed by atoms with Crippen molar-refractivity contribution in [3.05, 3.63) is 12.4 Å². The molecule has 1 aromatic rings. The Labute approximate surface area is 131 Å². The highest BCUT2D eigenvalue weighted by Crippen LogP contribution is 2.20. The van der Waals surface area contributed by atoms with E-state index >= 15 is 0 Å². The predicted octanol–water partition coefficient (Wildman–Crippen LogP) is 1.89. The molecule has 2 fully saturated rings. The molecule has 3 rings (SSSR count). The highest BCUT2D eigenvalue weighted by molar-refractivity contribution is 7.99. The molecule has 6 heteroatoms. The molecule has 2 aliphatic heterocycles. The van der Waals surface area contributed by atoms with Crippen molar-refractivity contribution >= 4 is 17.6 Å². The van der Waals surface area contributed by atoms with Crippen LogP contribution in [0.25, 0.3) is 0 Å². The van der Waals surface area contributed by atoms with Crippen LogP contribution in [0.3, 0.4) is 0 Å². The van der Waals surface area contributed by atoms with Crippen LogP contribution in [0, 0.1) is 0 Å². The number of piperazine rings is 1. The van der Waals surface area contributed by atoms with Crippen LogP contribution in [-0.2, 0) is 4.74 Å². The number of thioether (sulfide) groups is 1. The van der Waals surface area contributed by atoms with E-state index in [0.717, 1.165) is 55.9 Å². The van der Waals surface area contributed by atoms with Crippen LogP contribution in [0.5, 0.6) is 0 Å². The van der Waals surface area contributed by atoms with Gasteiger partial charge in [0.2, 0.25) is 0 Å². The minimum Gasteiger partial charge on any atom is -0.377 e. The molecule has 0 aliphatic carbocycles. The largest absolute Gasteiger partial charge is 0.377 e. The molecule has 0 unspecified atom stereocenters. The summed E-state index contributed by atoms with van der Waals surface area (Å²) in [5.41, 5.74) is 0. The van der Waals surface area contributed by atoms with Gasteiger partial charge in [-0.15, -0.1) is 11.8 Å². The van der Waals surface area contributed by atoms with Gasteiger partial charge in [-0.05, 0) is 18.6 Å². The van der Waals surface area contributed by atoms with Gasteiger partial charge in [-0.2, -0.15) is 0 Å². The maximum Gasteiger partial charge on any atom is 0.148 e. The molecule has 21 heavy (non-hydrogen) atoms. The molecule has 0 N–H and O–H groups in total. The number of ether oxygens (including phenoxy) is 1. The molecular formula is C15H24N4OS. The molecule has 0 saturated carbocycles. The Morgan fingerprint density at radius 3 is 2.86 bits per heavy atom. The third-order valence-corrected chi connectivity index (χ3v) is 4.86. The van der Waals surface area contributed by atoms with E-state index in [4.69, 9.17) is 9.72 Å². The Morgan fingerprint density at radius 1 is 1.29 bits per heavy atom. The van der Waals surface area contributed by atoms with Crippen molar-refractivity contribution in [3.63, 3.8) is 0 Å². The standard InChI is InChI=1S/C15H24N4OS/c1-2-21-15-11-16-10-14(17-15)19-7-5-18(6-8-19)12-13-4-3-9-20-13/h10-11,13H,2-9,12H2,1H3/t13-/m1/s1. The van der Waals surface area contributed by atoms with Gasteiger partial charge in [-0.25, -0.2) is 4.98 Å². The average molecular weight is 308 g/mol. The lowest BCUT2D eigenvalue weighted by molar-refractivity contribution is 0.0712. The van der Waals surface area contributed by atoms with E-state index < -0.39 is 0 Å². The number of rotatable bonds is 5. The molecule has 2 saturated heterocycles. The Morgan fingerprint density at radius 2 is 2.14 bits per heavy atom. The lowest BCUT2D eigenvalue weighted by Gasteiger charge is -2.36. The minimum atomic E-state index is 0.459. The van der Waals surface area contributed by atoms with E-state index in [9.17, 15) is 0 Å². The molecule has 116 valence electrons. The van der Waals surface area contributed by atoms with Gasteiger partial charge in [0.05, 0.1) is 18.5 Å². The van der Waals surface area contributed by atoms with E-state index in [1.165, 1.54) is 12.8 Å². The molecular weight excluding hydrogens is 284 g/mol. The van der Waals surface area contributed by atoms with Crippen LogP contribution in [0.4, 0.5) is 5.82 Å². The molecule has 0 radical (unpaired) electrons. The summed E-state index contributed by atoms with van der Waals surface area (Å²) in [6.45, 7) is 8.42. The predicted molar refractivity (Wildman–Crippen MR) is 86.1 cm³/mol. The molecule has 1 aromatic heterocycles. The highest BCUT2D eigenvalue weighted by Gasteiger charge is 2.23. The van der Waals surface area contributed by atoms with Crippen molar-refractivity contribution in [2.24, 2.45) is 0 Å².